The fourth-order valence-corrected chi connectivity index (χ4v) is 3.98. The monoisotopic (exact) mass is 345 g/mol. The van der Waals surface area contributed by atoms with Gasteiger partial charge in [-0.25, -0.2) is 5.01 Å². The van der Waals surface area contributed by atoms with E-state index in [4.69, 9.17) is 5.10 Å². The Morgan fingerprint density at radius 2 is 1.62 bits per heavy atom. The number of phenolic OH excluding ortho intramolecular Hbond substituents is 1. The Balaban J connectivity index is 2.13. The first kappa shape index (κ1) is 17.3. The molecule has 0 saturated heterocycles. The lowest BCUT2D eigenvalue weighted by atomic mass is 9.78. The van der Waals surface area contributed by atoms with Crippen molar-refractivity contribution in [1.29, 1.82) is 0 Å². The molecule has 2 aliphatic rings. The molecule has 0 aliphatic carbocycles. The van der Waals surface area contributed by atoms with Crippen molar-refractivity contribution in [3.05, 3.63) is 28.8 Å². The van der Waals surface area contributed by atoms with E-state index >= 15 is 0 Å². The third-order valence-corrected chi connectivity index (χ3v) is 5.43. The molecule has 0 fully saturated rings. The van der Waals surface area contributed by atoms with Crippen molar-refractivity contribution in [3.63, 3.8) is 0 Å². The molecule has 5 heteroatoms. The van der Waals surface area contributed by atoms with Crippen LogP contribution in [0.3, 0.4) is 0 Å². The Hall–Kier alpha value is -1.49. The van der Waals surface area contributed by atoms with Crippen molar-refractivity contribution in [1.82, 2.24) is 5.01 Å². The minimum absolute atomic E-state index is 0.122. The minimum atomic E-state index is -0.122. The van der Waals surface area contributed by atoms with E-state index in [9.17, 15) is 5.11 Å². The minimum Gasteiger partial charge on any atom is -0.507 e. The molecule has 0 radical (unpaired) electrons. The number of hydrogen-bond donors (Lipinski definition) is 1. The number of aromatic hydroxyl groups is 1. The highest BCUT2D eigenvalue weighted by Gasteiger charge is 2.29. The van der Waals surface area contributed by atoms with Gasteiger partial charge in [0.15, 0.2) is 5.17 Å². The van der Waals surface area contributed by atoms with Crippen LogP contribution in [-0.4, -0.2) is 39.8 Å². The van der Waals surface area contributed by atoms with Crippen LogP contribution in [0, 0.1) is 0 Å². The standard InChI is InChI=1S/C19H27N3OS/c1-18(2,3)13-9-12(10-14(16(13)23)19(4,5)6)15-11-24-17-20-7-8-22(17)21-15/h9-10,23H,7-8,11H2,1-6H3. The molecule has 0 amide bonds. The number of rotatable bonds is 1. The molecule has 4 nitrogen and oxygen atoms in total. The van der Waals surface area contributed by atoms with Crippen LogP contribution in [0.25, 0.3) is 0 Å². The summed E-state index contributed by atoms with van der Waals surface area (Å²) < 4.78 is 0. The Labute approximate surface area is 149 Å². The molecule has 3 rings (SSSR count). The highest BCUT2D eigenvalue weighted by molar-refractivity contribution is 8.14. The third kappa shape index (κ3) is 3.18. The van der Waals surface area contributed by atoms with E-state index in [1.807, 2.05) is 5.01 Å². The number of thioether (sulfide) groups is 1. The van der Waals surface area contributed by atoms with Gasteiger partial charge in [0.2, 0.25) is 0 Å². The van der Waals surface area contributed by atoms with Gasteiger partial charge in [-0.1, -0.05) is 53.3 Å². The predicted molar refractivity (Wildman–Crippen MR) is 104 cm³/mol. The number of nitrogens with zero attached hydrogens (tertiary/aromatic N) is 3. The maximum Gasteiger partial charge on any atom is 0.180 e. The van der Waals surface area contributed by atoms with Gasteiger partial charge in [0.05, 0.1) is 18.8 Å². The Bertz CT molecular complexity index is 688. The number of benzene rings is 1. The second-order valence-electron chi connectivity index (χ2n) is 8.54. The molecule has 1 N–H and O–H groups in total. The maximum atomic E-state index is 10.9. The van der Waals surface area contributed by atoms with Gasteiger partial charge in [-0.3, -0.25) is 4.99 Å². The number of aliphatic imine (C=N–C) groups is 1. The topological polar surface area (TPSA) is 48.2 Å². The molecule has 2 aliphatic heterocycles. The summed E-state index contributed by atoms with van der Waals surface area (Å²) in [6.45, 7) is 14.5. The second kappa shape index (κ2) is 5.80. The van der Waals surface area contributed by atoms with Crippen molar-refractivity contribution in [2.45, 2.75) is 52.4 Å². The Kier molecular flexibility index (Phi) is 4.19. The van der Waals surface area contributed by atoms with E-state index in [1.54, 1.807) is 11.8 Å². The van der Waals surface area contributed by atoms with Crippen LogP contribution in [0.15, 0.2) is 22.2 Å². The summed E-state index contributed by atoms with van der Waals surface area (Å²) in [6.07, 6.45) is 0. The second-order valence-corrected chi connectivity index (χ2v) is 9.49. The maximum absolute atomic E-state index is 10.9. The highest BCUT2D eigenvalue weighted by atomic mass is 32.2. The zero-order valence-corrected chi connectivity index (χ0v) is 16.3. The van der Waals surface area contributed by atoms with Crippen molar-refractivity contribution in [2.24, 2.45) is 10.1 Å². The molecular weight excluding hydrogens is 318 g/mol. The van der Waals surface area contributed by atoms with Crippen LogP contribution in [0.2, 0.25) is 0 Å². The number of phenols is 1. The van der Waals surface area contributed by atoms with Crippen molar-refractivity contribution < 1.29 is 5.11 Å². The van der Waals surface area contributed by atoms with Gasteiger partial charge in [-0.15, -0.1) is 0 Å². The summed E-state index contributed by atoms with van der Waals surface area (Å²) in [5.74, 6) is 1.25. The fraction of sp³-hybridized carbons (Fsp3) is 0.579. The van der Waals surface area contributed by atoms with Gasteiger partial charge in [0, 0.05) is 16.9 Å². The summed E-state index contributed by atoms with van der Waals surface area (Å²) in [7, 11) is 0. The van der Waals surface area contributed by atoms with E-state index in [2.05, 4.69) is 58.7 Å². The molecule has 0 bridgehead atoms. The lowest BCUT2D eigenvalue weighted by Crippen LogP contribution is -2.29. The Morgan fingerprint density at radius 1 is 1.04 bits per heavy atom. The van der Waals surface area contributed by atoms with Crippen LogP contribution < -0.4 is 0 Å². The number of hydrazone groups is 1. The van der Waals surface area contributed by atoms with Crippen LogP contribution in [0.1, 0.15) is 58.2 Å². The van der Waals surface area contributed by atoms with E-state index in [0.29, 0.717) is 5.75 Å². The van der Waals surface area contributed by atoms with Crippen LogP contribution in [-0.2, 0) is 10.8 Å². The summed E-state index contributed by atoms with van der Waals surface area (Å²) in [4.78, 5) is 4.47. The van der Waals surface area contributed by atoms with Crippen LogP contribution in [0.4, 0.5) is 0 Å². The molecule has 2 heterocycles. The molecule has 130 valence electrons. The average molecular weight is 346 g/mol. The molecular formula is C19H27N3OS. The zero-order chi connectivity index (χ0) is 17.7. The SMILES string of the molecule is CC(C)(C)c1cc(C2=NN3CCN=C3SC2)cc(C(C)(C)C)c1O. The van der Waals surface area contributed by atoms with Crippen molar-refractivity contribution in [2.75, 3.05) is 18.8 Å². The third-order valence-electron chi connectivity index (χ3n) is 4.42. The van der Waals surface area contributed by atoms with Gasteiger partial charge >= 0.3 is 0 Å². The number of amidine groups is 1. The van der Waals surface area contributed by atoms with E-state index in [0.717, 1.165) is 46.4 Å². The molecule has 0 saturated carbocycles. The normalized spacial score (nSPS) is 18.3. The van der Waals surface area contributed by atoms with Crippen molar-refractivity contribution >= 4 is 22.6 Å². The first-order chi connectivity index (χ1) is 11.1. The van der Waals surface area contributed by atoms with Gasteiger partial charge in [-0.05, 0) is 28.5 Å². The number of hydrogen-bond acceptors (Lipinski definition) is 5. The van der Waals surface area contributed by atoms with Gasteiger partial charge < -0.3 is 5.11 Å². The molecule has 1 aromatic carbocycles. The lowest BCUT2D eigenvalue weighted by molar-refractivity contribution is 0.423. The molecule has 0 spiro atoms. The van der Waals surface area contributed by atoms with Gasteiger partial charge in [0.25, 0.3) is 0 Å². The number of fused-ring (bicyclic) bond motifs is 1. The van der Waals surface area contributed by atoms with Crippen LogP contribution in [0.5, 0.6) is 5.75 Å². The smallest absolute Gasteiger partial charge is 0.180 e. The van der Waals surface area contributed by atoms with Crippen LogP contribution >= 0.6 is 11.8 Å². The predicted octanol–water partition coefficient (Wildman–Crippen LogP) is 4.11. The highest BCUT2D eigenvalue weighted by Crippen LogP contribution is 2.40. The summed E-state index contributed by atoms with van der Waals surface area (Å²) in [5, 5.41) is 18.7. The lowest BCUT2D eigenvalue weighted by Gasteiger charge is -2.29. The first-order valence-electron chi connectivity index (χ1n) is 8.48. The van der Waals surface area contributed by atoms with Gasteiger partial charge in [-0.2, -0.15) is 5.10 Å². The van der Waals surface area contributed by atoms with E-state index in [-0.39, 0.29) is 10.8 Å². The summed E-state index contributed by atoms with van der Waals surface area (Å²) in [6, 6.07) is 4.23. The van der Waals surface area contributed by atoms with Gasteiger partial charge in [0.1, 0.15) is 5.75 Å². The van der Waals surface area contributed by atoms with E-state index < -0.39 is 0 Å². The molecule has 24 heavy (non-hydrogen) atoms. The largest absolute Gasteiger partial charge is 0.507 e. The first-order valence-corrected chi connectivity index (χ1v) is 9.46. The van der Waals surface area contributed by atoms with E-state index in [1.165, 1.54) is 0 Å². The molecule has 0 aromatic heterocycles. The quantitative estimate of drug-likeness (QED) is 0.833. The van der Waals surface area contributed by atoms with Crippen molar-refractivity contribution in [3.8, 4) is 5.75 Å². The summed E-state index contributed by atoms with van der Waals surface area (Å²) >= 11 is 1.75. The summed E-state index contributed by atoms with van der Waals surface area (Å²) in [5.41, 5.74) is 3.90. The zero-order valence-electron chi connectivity index (χ0n) is 15.5. The molecule has 1 aromatic rings. The Morgan fingerprint density at radius 3 is 2.17 bits per heavy atom. The average Bonchev–Trinajstić information content (AvgIpc) is 2.92. The fourth-order valence-electron chi connectivity index (χ4n) is 3.02. The molecule has 0 atom stereocenters. The molecule has 0 unspecified atom stereocenters.